The van der Waals surface area contributed by atoms with Crippen molar-refractivity contribution >= 4 is 5.69 Å². The molecule has 0 aromatic heterocycles. The van der Waals surface area contributed by atoms with Crippen molar-refractivity contribution in [1.29, 1.82) is 5.26 Å². The lowest BCUT2D eigenvalue weighted by atomic mass is 9.79. The number of anilines is 1. The molecule has 0 saturated carbocycles. The third-order valence-electron chi connectivity index (χ3n) is 4.51. The molecule has 1 aliphatic carbocycles. The van der Waals surface area contributed by atoms with E-state index in [4.69, 9.17) is 5.26 Å². The summed E-state index contributed by atoms with van der Waals surface area (Å²) in [4.78, 5) is 0. The van der Waals surface area contributed by atoms with Crippen LogP contribution in [0.3, 0.4) is 0 Å². The average Bonchev–Trinajstić information content (AvgIpc) is 3.00. The van der Waals surface area contributed by atoms with Gasteiger partial charge in [0, 0.05) is 17.6 Å². The molecule has 2 aliphatic rings. The summed E-state index contributed by atoms with van der Waals surface area (Å²) in [6.07, 6.45) is 2.21. The first-order valence-electron chi connectivity index (χ1n) is 6.66. The zero-order valence-corrected chi connectivity index (χ0v) is 10.6. The third kappa shape index (κ3) is 1.42. The molecule has 0 unspecified atom stereocenters. The fraction of sp³-hybridized carbons (Fsp3) is 0.235. The summed E-state index contributed by atoms with van der Waals surface area (Å²) < 4.78 is 0. The van der Waals surface area contributed by atoms with Crippen molar-refractivity contribution in [2.45, 2.75) is 18.3 Å². The van der Waals surface area contributed by atoms with E-state index in [2.05, 4.69) is 41.7 Å². The van der Waals surface area contributed by atoms with Crippen molar-refractivity contribution in [1.82, 2.24) is 0 Å². The van der Waals surface area contributed by atoms with Gasteiger partial charge in [0.05, 0.1) is 11.6 Å². The summed E-state index contributed by atoms with van der Waals surface area (Å²) in [6, 6.07) is 17.0. The van der Waals surface area contributed by atoms with E-state index in [-0.39, 0.29) is 5.41 Å². The molecule has 0 amide bonds. The summed E-state index contributed by atoms with van der Waals surface area (Å²) in [5, 5.41) is 12.5. The predicted molar refractivity (Wildman–Crippen MR) is 75.2 cm³/mol. The molecule has 2 aromatic rings. The summed E-state index contributed by atoms with van der Waals surface area (Å²) in [7, 11) is 0. The largest absolute Gasteiger partial charge is 0.384 e. The highest BCUT2D eigenvalue weighted by Gasteiger charge is 2.43. The molecule has 1 aliphatic heterocycles. The monoisotopic (exact) mass is 246 g/mol. The van der Waals surface area contributed by atoms with Gasteiger partial charge < -0.3 is 5.32 Å². The maximum absolute atomic E-state index is 8.99. The van der Waals surface area contributed by atoms with Crippen LogP contribution in [0.15, 0.2) is 42.5 Å². The smallest absolute Gasteiger partial charge is 0.0992 e. The van der Waals surface area contributed by atoms with Gasteiger partial charge in [-0.15, -0.1) is 0 Å². The minimum Gasteiger partial charge on any atom is -0.384 e. The summed E-state index contributed by atoms with van der Waals surface area (Å²) >= 11 is 0. The van der Waals surface area contributed by atoms with E-state index in [1.807, 2.05) is 12.1 Å². The first-order valence-corrected chi connectivity index (χ1v) is 6.66. The number of benzene rings is 2. The molecule has 0 fully saturated rings. The molecular formula is C17H14N2. The Bertz CT molecular complexity index is 684. The molecule has 0 radical (unpaired) electrons. The van der Waals surface area contributed by atoms with E-state index >= 15 is 0 Å². The van der Waals surface area contributed by atoms with Gasteiger partial charge in [-0.2, -0.15) is 5.26 Å². The minimum atomic E-state index is 0.201. The molecule has 1 heterocycles. The predicted octanol–water partition coefficient (Wildman–Crippen LogP) is 3.02. The molecule has 2 aromatic carbocycles. The van der Waals surface area contributed by atoms with E-state index in [1.54, 1.807) is 0 Å². The van der Waals surface area contributed by atoms with E-state index < -0.39 is 0 Å². The maximum Gasteiger partial charge on any atom is 0.0992 e. The van der Waals surface area contributed by atoms with Crippen LogP contribution < -0.4 is 5.32 Å². The summed E-state index contributed by atoms with van der Waals surface area (Å²) in [5.74, 6) is 0. The second-order valence-corrected chi connectivity index (χ2v) is 5.63. The van der Waals surface area contributed by atoms with Crippen LogP contribution >= 0.6 is 0 Å². The molecule has 0 bridgehead atoms. The lowest BCUT2D eigenvalue weighted by Crippen LogP contribution is -2.29. The SMILES string of the molecule is N#Cc1ccc2c(c1)NCC21Cc2ccccc2C1. The topological polar surface area (TPSA) is 35.8 Å². The average molecular weight is 246 g/mol. The Kier molecular flexibility index (Phi) is 2.02. The Hall–Kier alpha value is -2.27. The number of nitrogens with zero attached hydrogens (tertiary/aromatic N) is 1. The number of hydrogen-bond donors (Lipinski definition) is 1. The lowest BCUT2D eigenvalue weighted by Gasteiger charge is -2.22. The minimum absolute atomic E-state index is 0.201. The molecule has 2 heteroatoms. The van der Waals surface area contributed by atoms with E-state index in [1.165, 1.54) is 16.7 Å². The molecule has 1 spiro atoms. The second-order valence-electron chi connectivity index (χ2n) is 5.63. The van der Waals surface area contributed by atoms with Crippen LogP contribution in [-0.2, 0) is 18.3 Å². The fourth-order valence-electron chi connectivity index (χ4n) is 3.59. The number of nitriles is 1. The fourth-order valence-corrected chi connectivity index (χ4v) is 3.59. The second kappa shape index (κ2) is 3.61. The van der Waals surface area contributed by atoms with Gasteiger partial charge in [0.2, 0.25) is 0 Å². The van der Waals surface area contributed by atoms with Crippen molar-refractivity contribution in [3.8, 4) is 6.07 Å². The van der Waals surface area contributed by atoms with Gasteiger partial charge in [-0.25, -0.2) is 0 Å². The molecule has 0 atom stereocenters. The van der Waals surface area contributed by atoms with Crippen LogP contribution in [-0.4, -0.2) is 6.54 Å². The van der Waals surface area contributed by atoms with Gasteiger partial charge in [-0.05, 0) is 41.7 Å². The van der Waals surface area contributed by atoms with E-state index in [9.17, 15) is 0 Å². The number of nitrogens with one attached hydrogen (secondary N) is 1. The Morgan fingerprint density at radius 1 is 1.05 bits per heavy atom. The van der Waals surface area contributed by atoms with E-state index in [0.29, 0.717) is 0 Å². The Labute approximate surface area is 112 Å². The highest BCUT2D eigenvalue weighted by atomic mass is 14.9. The molecule has 19 heavy (non-hydrogen) atoms. The first-order chi connectivity index (χ1) is 9.31. The standard InChI is InChI=1S/C17H14N2/c18-10-12-5-6-15-16(7-12)19-11-17(15)8-13-3-1-2-4-14(13)9-17/h1-7,19H,8-9,11H2. The molecule has 4 rings (SSSR count). The summed E-state index contributed by atoms with van der Waals surface area (Å²) in [6.45, 7) is 0.978. The van der Waals surface area contributed by atoms with Gasteiger partial charge in [0.1, 0.15) is 0 Å². The van der Waals surface area contributed by atoms with Gasteiger partial charge in [-0.1, -0.05) is 30.3 Å². The molecule has 92 valence electrons. The van der Waals surface area contributed by atoms with Gasteiger partial charge >= 0.3 is 0 Å². The van der Waals surface area contributed by atoms with Gasteiger partial charge in [0.15, 0.2) is 0 Å². The third-order valence-corrected chi connectivity index (χ3v) is 4.51. The van der Waals surface area contributed by atoms with Crippen LogP contribution in [0.25, 0.3) is 0 Å². The van der Waals surface area contributed by atoms with Crippen LogP contribution in [0.2, 0.25) is 0 Å². The van der Waals surface area contributed by atoms with Crippen LogP contribution in [0.5, 0.6) is 0 Å². The van der Waals surface area contributed by atoms with Crippen LogP contribution in [0.4, 0.5) is 5.69 Å². The molecule has 0 saturated heterocycles. The number of fused-ring (bicyclic) bond motifs is 3. The molecular weight excluding hydrogens is 232 g/mol. The zero-order chi connectivity index (χ0) is 12.9. The van der Waals surface area contributed by atoms with Crippen molar-refractivity contribution in [2.24, 2.45) is 0 Å². The van der Waals surface area contributed by atoms with Crippen molar-refractivity contribution in [3.63, 3.8) is 0 Å². The normalized spacial score (nSPS) is 17.6. The Balaban J connectivity index is 1.81. The Morgan fingerprint density at radius 2 is 1.79 bits per heavy atom. The molecule has 1 N–H and O–H groups in total. The molecule has 2 nitrogen and oxygen atoms in total. The Morgan fingerprint density at radius 3 is 2.47 bits per heavy atom. The van der Waals surface area contributed by atoms with Gasteiger partial charge in [0.25, 0.3) is 0 Å². The quantitative estimate of drug-likeness (QED) is 0.775. The highest BCUT2D eigenvalue weighted by Crippen LogP contribution is 2.46. The first kappa shape index (κ1) is 10.6. The number of rotatable bonds is 0. The maximum atomic E-state index is 8.99. The van der Waals surface area contributed by atoms with Crippen molar-refractivity contribution < 1.29 is 0 Å². The van der Waals surface area contributed by atoms with Gasteiger partial charge in [-0.3, -0.25) is 0 Å². The van der Waals surface area contributed by atoms with Crippen molar-refractivity contribution in [3.05, 3.63) is 64.7 Å². The summed E-state index contributed by atoms with van der Waals surface area (Å²) in [5.41, 5.74) is 6.41. The van der Waals surface area contributed by atoms with Crippen LogP contribution in [0, 0.1) is 11.3 Å². The van der Waals surface area contributed by atoms with Crippen molar-refractivity contribution in [2.75, 3.05) is 11.9 Å². The zero-order valence-electron chi connectivity index (χ0n) is 10.6. The number of hydrogen-bond acceptors (Lipinski definition) is 2. The van der Waals surface area contributed by atoms with E-state index in [0.717, 1.165) is 30.6 Å². The lowest BCUT2D eigenvalue weighted by molar-refractivity contribution is 0.501. The van der Waals surface area contributed by atoms with Crippen LogP contribution in [0.1, 0.15) is 22.3 Å². The highest BCUT2D eigenvalue weighted by molar-refractivity contribution is 5.65.